The van der Waals surface area contributed by atoms with Crippen LogP contribution in [0.1, 0.15) is 76.3 Å². The SMILES string of the molecule is CC(=O)C=C(C)O.CC(=O)C=C(C)O.Cc1cc(C(C)(C)C)cc(C)c1-c1cc2cnc(-c3[c-]cccc3)cc2s1.Cc1cc(C)cc(-c2cc3cnc(-c4[c-]cccc4)cc3s2)c1.[Ir].[Ir]. The summed E-state index contributed by atoms with van der Waals surface area (Å²) < 4.78 is 2.53. The van der Waals surface area contributed by atoms with Gasteiger partial charge in [-0.3, -0.25) is 9.59 Å². The van der Waals surface area contributed by atoms with E-state index >= 15 is 0 Å². The Morgan fingerprint density at radius 1 is 0.591 bits per heavy atom. The number of pyridine rings is 2. The smallest absolute Gasteiger partial charge is 0.155 e. The predicted molar refractivity (Wildman–Crippen MR) is 270 cm³/mol. The van der Waals surface area contributed by atoms with Crippen LogP contribution in [0.4, 0.5) is 0 Å². The molecule has 0 aliphatic rings. The maximum Gasteiger partial charge on any atom is 0.155 e. The number of aliphatic hydroxyl groups is 2. The fourth-order valence-electron chi connectivity index (χ4n) is 7.02. The number of aliphatic hydroxyl groups excluding tert-OH is 2. The Morgan fingerprint density at radius 3 is 1.38 bits per heavy atom. The van der Waals surface area contributed by atoms with Gasteiger partial charge in [-0.05, 0) is 112 Å². The number of ketones is 2. The predicted octanol–water partition coefficient (Wildman–Crippen LogP) is 15.5. The zero-order valence-corrected chi connectivity index (χ0v) is 45.6. The summed E-state index contributed by atoms with van der Waals surface area (Å²) in [6.45, 7) is 21.3. The van der Waals surface area contributed by atoms with Gasteiger partial charge in [-0.15, -0.1) is 94.5 Å². The van der Waals surface area contributed by atoms with Gasteiger partial charge >= 0.3 is 0 Å². The molecule has 10 heteroatoms. The molecule has 2 N–H and O–H groups in total. The van der Waals surface area contributed by atoms with Gasteiger partial charge < -0.3 is 20.2 Å². The number of carbonyl (C=O) groups excluding carboxylic acids is 2. The summed E-state index contributed by atoms with van der Waals surface area (Å²) in [5.41, 5.74) is 13.5. The first kappa shape index (κ1) is 55.1. The van der Waals surface area contributed by atoms with Crippen molar-refractivity contribution < 1.29 is 60.0 Å². The van der Waals surface area contributed by atoms with Crippen LogP contribution in [0, 0.1) is 39.8 Å². The summed E-state index contributed by atoms with van der Waals surface area (Å²) in [5.74, 6) is -0.125. The summed E-state index contributed by atoms with van der Waals surface area (Å²) in [4.78, 5) is 31.9. The van der Waals surface area contributed by atoms with E-state index in [-0.39, 0.29) is 68.7 Å². The first-order chi connectivity index (χ1) is 30.3. The monoisotopic (exact) mass is 1270 g/mol. The number of rotatable bonds is 6. The minimum atomic E-state index is -0.125. The van der Waals surface area contributed by atoms with E-state index in [4.69, 9.17) is 10.2 Å². The number of carbonyl (C=O) groups is 2. The fourth-order valence-corrected chi connectivity index (χ4v) is 9.33. The molecule has 0 fully saturated rings. The quantitative estimate of drug-likeness (QED) is 0.0977. The number of allylic oxidation sites excluding steroid dienone is 4. The minimum absolute atomic E-state index is 0. The number of aromatic nitrogens is 2. The van der Waals surface area contributed by atoms with Gasteiger partial charge in [-0.2, -0.15) is 0 Å². The van der Waals surface area contributed by atoms with Crippen LogP contribution in [0.3, 0.4) is 0 Å². The average molecular weight is 1270 g/mol. The third-order valence-corrected chi connectivity index (χ3v) is 12.0. The van der Waals surface area contributed by atoms with E-state index in [9.17, 15) is 9.59 Å². The Kier molecular flexibility index (Phi) is 21.0. The topological polar surface area (TPSA) is 100 Å². The molecular weight excluding hydrogens is 1210 g/mol. The van der Waals surface area contributed by atoms with Crippen molar-refractivity contribution in [1.82, 2.24) is 9.97 Å². The van der Waals surface area contributed by atoms with E-state index in [0.717, 1.165) is 22.5 Å². The van der Waals surface area contributed by atoms with E-state index in [0.29, 0.717) is 0 Å². The van der Waals surface area contributed by atoms with Gasteiger partial charge in [0.05, 0.1) is 11.5 Å². The number of fused-ring (bicyclic) bond motifs is 2. The zero-order chi connectivity index (χ0) is 46.7. The molecular formula is C56H56Ir2N2O4S2-2. The second kappa shape index (κ2) is 25.1. The minimum Gasteiger partial charge on any atom is -0.512 e. The summed E-state index contributed by atoms with van der Waals surface area (Å²) in [5, 5.41) is 19.1. The molecule has 4 aromatic carbocycles. The van der Waals surface area contributed by atoms with Crippen LogP contribution >= 0.6 is 22.7 Å². The molecule has 0 aliphatic heterocycles. The molecule has 8 aromatic rings. The van der Waals surface area contributed by atoms with Crippen LogP contribution in [0.5, 0.6) is 0 Å². The van der Waals surface area contributed by atoms with E-state index in [1.165, 1.54) is 109 Å². The number of nitrogens with zero attached hydrogens (tertiary/aromatic N) is 2. The van der Waals surface area contributed by atoms with E-state index in [1.807, 2.05) is 77.5 Å². The van der Waals surface area contributed by atoms with Crippen molar-refractivity contribution in [3.8, 4) is 43.4 Å². The summed E-state index contributed by atoms with van der Waals surface area (Å²) in [6, 6.07) is 42.7. The molecule has 4 heterocycles. The van der Waals surface area contributed by atoms with Crippen molar-refractivity contribution >= 4 is 54.4 Å². The second-order valence-electron chi connectivity index (χ2n) is 16.9. The summed E-state index contributed by atoms with van der Waals surface area (Å²) >= 11 is 3.67. The third-order valence-electron chi connectivity index (χ3n) is 9.75. The van der Waals surface area contributed by atoms with Gasteiger partial charge in [0.25, 0.3) is 0 Å². The van der Waals surface area contributed by atoms with Crippen LogP contribution in [0.2, 0.25) is 0 Å². The van der Waals surface area contributed by atoms with Crippen LogP contribution < -0.4 is 0 Å². The van der Waals surface area contributed by atoms with Gasteiger partial charge in [-0.1, -0.05) is 74.4 Å². The van der Waals surface area contributed by atoms with Crippen molar-refractivity contribution in [1.29, 1.82) is 0 Å². The molecule has 2 radical (unpaired) electrons. The number of aryl methyl sites for hydroxylation is 4. The fraction of sp³-hybridized carbons (Fsp3) is 0.214. The van der Waals surface area contributed by atoms with Crippen molar-refractivity contribution in [3.05, 3.63) is 179 Å². The maximum atomic E-state index is 10.0. The molecule has 0 amide bonds. The van der Waals surface area contributed by atoms with Crippen molar-refractivity contribution in [2.24, 2.45) is 0 Å². The van der Waals surface area contributed by atoms with Crippen LogP contribution in [-0.4, -0.2) is 31.7 Å². The Bertz CT molecular complexity index is 2890. The maximum absolute atomic E-state index is 10.0. The molecule has 8 rings (SSSR count). The molecule has 0 bridgehead atoms. The van der Waals surface area contributed by atoms with Crippen LogP contribution in [0.25, 0.3) is 63.6 Å². The Labute approximate surface area is 425 Å². The third kappa shape index (κ3) is 16.0. The van der Waals surface area contributed by atoms with Crippen LogP contribution in [0.15, 0.2) is 139 Å². The van der Waals surface area contributed by atoms with E-state index < -0.39 is 0 Å². The molecule has 0 spiro atoms. The number of hydrogen-bond donors (Lipinski definition) is 2. The summed E-state index contributed by atoms with van der Waals surface area (Å²) in [6.07, 6.45) is 6.29. The van der Waals surface area contributed by atoms with Gasteiger partial charge in [-0.25, -0.2) is 0 Å². The van der Waals surface area contributed by atoms with Crippen molar-refractivity contribution in [3.63, 3.8) is 0 Å². The summed E-state index contributed by atoms with van der Waals surface area (Å²) in [7, 11) is 0. The van der Waals surface area contributed by atoms with E-state index in [2.05, 4.69) is 131 Å². The molecule has 66 heavy (non-hydrogen) atoms. The number of benzene rings is 4. The van der Waals surface area contributed by atoms with Crippen LogP contribution in [-0.2, 0) is 55.2 Å². The van der Waals surface area contributed by atoms with Gasteiger partial charge in [0.15, 0.2) is 11.6 Å². The average Bonchev–Trinajstić information content (AvgIpc) is 3.84. The molecule has 0 saturated carbocycles. The van der Waals surface area contributed by atoms with Crippen molar-refractivity contribution in [2.75, 3.05) is 0 Å². The van der Waals surface area contributed by atoms with Gasteiger partial charge in [0.2, 0.25) is 0 Å². The molecule has 0 unspecified atom stereocenters. The standard InChI is InChI=1S/C25H24NS.C21H16NS.2C5H8O2.2Ir/c1-16-11-20(25(3,4)5)12-17(2)24(16)23-13-19-15-26-21(14-22(19)27-23)18-9-7-6-8-10-18;1-14-8-15(2)10-17(9-14)20-11-18-13-22-19(12-21(18)23-20)16-6-4-3-5-7-16;2*1-4(6)3-5(2)7;;/h6-9,11-15H,1-5H3;3-6,8-13H,1-2H3;2*3,6H,1-2H3;;/q2*-1;;;;. The van der Waals surface area contributed by atoms with Gasteiger partial charge in [0, 0.05) is 94.7 Å². The number of hydrogen-bond acceptors (Lipinski definition) is 8. The molecule has 346 valence electrons. The second-order valence-corrected chi connectivity index (χ2v) is 19.1. The largest absolute Gasteiger partial charge is 0.512 e. The zero-order valence-electron chi connectivity index (χ0n) is 39.2. The van der Waals surface area contributed by atoms with Crippen molar-refractivity contribution in [2.45, 2.75) is 81.6 Å². The first-order valence-electron chi connectivity index (χ1n) is 21.0. The molecule has 0 saturated heterocycles. The first-order valence-corrected chi connectivity index (χ1v) is 22.6. The normalized spacial score (nSPS) is 11.1. The van der Waals surface area contributed by atoms with Gasteiger partial charge in [0.1, 0.15) is 0 Å². The molecule has 0 aliphatic carbocycles. The Hall–Kier alpha value is -5.18. The molecule has 0 atom stereocenters. The molecule has 6 nitrogen and oxygen atoms in total. The number of thiophene rings is 2. The Balaban J connectivity index is 0.000000268. The molecule has 4 aromatic heterocycles. The Morgan fingerprint density at radius 2 is 1.02 bits per heavy atom. The van der Waals surface area contributed by atoms with E-state index in [1.54, 1.807) is 0 Å².